The molecule has 0 aliphatic carbocycles. The zero-order chi connectivity index (χ0) is 17.1. The molecule has 2 rings (SSSR count). The zero-order valence-corrected chi connectivity index (χ0v) is 16.9. The normalized spacial score (nSPS) is 21.6. The molecular formula is C19H44O4S. The Bertz CT molecular complexity index is 234. The van der Waals surface area contributed by atoms with Gasteiger partial charge in [0.15, 0.2) is 0 Å². The molecule has 150 valence electrons. The first-order valence-corrected chi connectivity index (χ1v) is 8.76. The van der Waals surface area contributed by atoms with Crippen LogP contribution in [0.4, 0.5) is 0 Å². The molecule has 2 aliphatic heterocycles. The van der Waals surface area contributed by atoms with E-state index in [2.05, 4.69) is 27.7 Å². The van der Waals surface area contributed by atoms with Crippen molar-refractivity contribution in [1.82, 2.24) is 0 Å². The van der Waals surface area contributed by atoms with Crippen molar-refractivity contribution >= 4 is 13.5 Å². The van der Waals surface area contributed by atoms with Gasteiger partial charge in [-0.05, 0) is 37.0 Å². The zero-order valence-electron chi connectivity index (χ0n) is 15.9. The molecule has 0 amide bonds. The Kier molecular flexibility index (Phi) is 20.1. The first-order chi connectivity index (χ1) is 10.2. The molecule has 0 aromatic heterocycles. The predicted octanol–water partition coefficient (Wildman–Crippen LogP) is 4.00. The third-order valence-electron chi connectivity index (χ3n) is 3.23. The Hall–Kier alpha value is 0.190. The van der Waals surface area contributed by atoms with Gasteiger partial charge in [0.25, 0.3) is 0 Å². The number of epoxide rings is 2. The molecule has 0 aromatic carbocycles. The van der Waals surface area contributed by atoms with Gasteiger partial charge in [-0.3, -0.25) is 0 Å². The van der Waals surface area contributed by atoms with E-state index in [9.17, 15) is 0 Å². The Morgan fingerprint density at radius 2 is 1.17 bits per heavy atom. The molecular weight excluding hydrogens is 324 g/mol. The Morgan fingerprint density at radius 3 is 1.25 bits per heavy atom. The lowest BCUT2D eigenvalue weighted by molar-refractivity contribution is 0.0782. The first-order valence-electron chi connectivity index (χ1n) is 8.76. The summed E-state index contributed by atoms with van der Waals surface area (Å²) in [4.78, 5) is 0. The summed E-state index contributed by atoms with van der Waals surface area (Å²) in [6.45, 7) is 14.8. The average molecular weight is 369 g/mol. The lowest BCUT2D eigenvalue weighted by Crippen LogP contribution is -2.14. The van der Waals surface area contributed by atoms with Crippen LogP contribution < -0.4 is 0 Å². The maximum atomic E-state index is 8.78. The highest BCUT2D eigenvalue weighted by atomic mass is 32.1. The van der Waals surface area contributed by atoms with Gasteiger partial charge in [0.2, 0.25) is 0 Å². The molecule has 2 N–H and O–H groups in total. The van der Waals surface area contributed by atoms with Crippen LogP contribution in [0.3, 0.4) is 0 Å². The monoisotopic (exact) mass is 368 g/mol. The van der Waals surface area contributed by atoms with E-state index in [1.165, 1.54) is 12.8 Å². The first kappa shape index (κ1) is 29.0. The number of hydrogen-bond donors (Lipinski definition) is 2. The molecule has 0 bridgehead atoms. The van der Waals surface area contributed by atoms with Gasteiger partial charge >= 0.3 is 0 Å². The fourth-order valence-corrected chi connectivity index (χ4v) is 2.08. The minimum absolute atomic E-state index is 0. The van der Waals surface area contributed by atoms with E-state index in [0.717, 1.165) is 25.0 Å². The van der Waals surface area contributed by atoms with Crippen molar-refractivity contribution in [3.05, 3.63) is 0 Å². The van der Waals surface area contributed by atoms with Crippen molar-refractivity contribution in [2.24, 2.45) is 17.8 Å². The van der Waals surface area contributed by atoms with Crippen molar-refractivity contribution in [3.8, 4) is 0 Å². The molecule has 4 nitrogen and oxygen atoms in total. The van der Waals surface area contributed by atoms with Gasteiger partial charge in [-0.1, -0.05) is 49.0 Å². The number of rotatable bonds is 7. The summed E-state index contributed by atoms with van der Waals surface area (Å²) >= 11 is 0. The Morgan fingerprint density at radius 1 is 0.833 bits per heavy atom. The van der Waals surface area contributed by atoms with Crippen LogP contribution in [0, 0.1) is 17.8 Å². The van der Waals surface area contributed by atoms with Crippen LogP contribution in [0.15, 0.2) is 0 Å². The van der Waals surface area contributed by atoms with E-state index in [1.807, 2.05) is 13.8 Å². The summed E-state index contributed by atoms with van der Waals surface area (Å²) < 4.78 is 10.0. The lowest BCUT2D eigenvalue weighted by atomic mass is 10.1. The van der Waals surface area contributed by atoms with Crippen LogP contribution in [-0.2, 0) is 9.47 Å². The highest BCUT2D eigenvalue weighted by Crippen LogP contribution is 2.18. The van der Waals surface area contributed by atoms with Gasteiger partial charge in [-0.25, -0.2) is 0 Å². The number of ether oxygens (including phenoxy) is 2. The van der Waals surface area contributed by atoms with Crippen molar-refractivity contribution in [3.63, 3.8) is 0 Å². The summed E-state index contributed by atoms with van der Waals surface area (Å²) in [6, 6.07) is 0. The molecule has 3 atom stereocenters. The summed E-state index contributed by atoms with van der Waals surface area (Å²) in [5.41, 5.74) is 0. The summed E-state index contributed by atoms with van der Waals surface area (Å²) in [5, 5.41) is 17.1. The highest BCUT2D eigenvalue weighted by molar-refractivity contribution is 7.59. The molecule has 5 heteroatoms. The van der Waals surface area contributed by atoms with E-state index in [1.54, 1.807) is 0 Å². The third kappa shape index (κ3) is 24.4. The number of aliphatic hydroxyl groups excluding tert-OH is 2. The minimum atomic E-state index is -0.519. The smallest absolute Gasteiger partial charge is 0.0812 e. The standard InChI is InChI=1S/C6H14O2.2C6H12O.CH4.H2S/c1-5(2)3-6(8)4-7;2*1-5(2)3-6-4-7-6;;/h5-8H,3-4H2,1-2H3;2*5-6H,3-4H2,1-2H3;1H4;1H2/t2*6-;;;/m10.../s1. The second-order valence-corrected chi connectivity index (χ2v) is 7.64. The number of aliphatic hydroxyl groups is 2. The van der Waals surface area contributed by atoms with Crippen molar-refractivity contribution in [1.29, 1.82) is 0 Å². The molecule has 0 radical (unpaired) electrons. The van der Waals surface area contributed by atoms with E-state index < -0.39 is 6.10 Å². The minimum Gasteiger partial charge on any atom is -0.394 e. The molecule has 0 aromatic rings. The quantitative estimate of drug-likeness (QED) is 0.667. The van der Waals surface area contributed by atoms with Gasteiger partial charge in [-0.15, -0.1) is 0 Å². The van der Waals surface area contributed by atoms with Crippen LogP contribution in [0.1, 0.15) is 68.2 Å². The molecule has 1 unspecified atom stereocenters. The summed E-state index contributed by atoms with van der Waals surface area (Å²) in [6.07, 6.45) is 3.92. The molecule has 2 heterocycles. The predicted molar refractivity (Wildman–Crippen MR) is 108 cm³/mol. The van der Waals surface area contributed by atoms with Gasteiger partial charge in [-0.2, -0.15) is 13.5 Å². The number of hydrogen-bond acceptors (Lipinski definition) is 4. The van der Waals surface area contributed by atoms with Crippen LogP contribution in [-0.4, -0.2) is 48.3 Å². The van der Waals surface area contributed by atoms with Gasteiger partial charge < -0.3 is 19.7 Å². The van der Waals surface area contributed by atoms with E-state index >= 15 is 0 Å². The van der Waals surface area contributed by atoms with Gasteiger partial charge in [0.05, 0.1) is 38.1 Å². The van der Waals surface area contributed by atoms with Crippen LogP contribution in [0.25, 0.3) is 0 Å². The molecule has 2 aliphatic rings. The van der Waals surface area contributed by atoms with Gasteiger partial charge in [0.1, 0.15) is 0 Å². The second kappa shape index (κ2) is 16.6. The molecule has 0 saturated carbocycles. The maximum absolute atomic E-state index is 8.78. The van der Waals surface area contributed by atoms with E-state index in [4.69, 9.17) is 19.7 Å². The molecule has 24 heavy (non-hydrogen) atoms. The third-order valence-corrected chi connectivity index (χ3v) is 3.23. The van der Waals surface area contributed by atoms with E-state index in [0.29, 0.717) is 24.5 Å². The van der Waals surface area contributed by atoms with Crippen LogP contribution >= 0.6 is 13.5 Å². The molecule has 0 spiro atoms. The lowest BCUT2D eigenvalue weighted by Gasteiger charge is -2.08. The highest BCUT2D eigenvalue weighted by Gasteiger charge is 2.23. The topological polar surface area (TPSA) is 65.5 Å². The fraction of sp³-hybridized carbons (Fsp3) is 1.00. The summed E-state index contributed by atoms with van der Waals surface area (Å²) in [5.74, 6) is 2.09. The Balaban J connectivity index is -0.000000265. The Labute approximate surface area is 157 Å². The molecule has 2 saturated heterocycles. The maximum Gasteiger partial charge on any atom is 0.0812 e. The SMILES string of the molecule is C.CC(C)CC1CO1.CC(C)C[C@@H](O)CO.CC(C)C[C@H]1CO1.S. The average Bonchev–Trinajstić information content (AvgIpc) is 3.26. The van der Waals surface area contributed by atoms with Crippen molar-refractivity contribution in [2.45, 2.75) is 86.5 Å². The van der Waals surface area contributed by atoms with Crippen LogP contribution in [0.2, 0.25) is 0 Å². The largest absolute Gasteiger partial charge is 0.394 e. The van der Waals surface area contributed by atoms with Crippen LogP contribution in [0.5, 0.6) is 0 Å². The van der Waals surface area contributed by atoms with Crippen molar-refractivity contribution in [2.75, 3.05) is 19.8 Å². The van der Waals surface area contributed by atoms with Gasteiger partial charge in [0, 0.05) is 0 Å². The van der Waals surface area contributed by atoms with Crippen molar-refractivity contribution < 1.29 is 19.7 Å². The second-order valence-electron chi connectivity index (χ2n) is 7.64. The summed E-state index contributed by atoms with van der Waals surface area (Å²) in [7, 11) is 0. The molecule has 2 fully saturated rings. The van der Waals surface area contributed by atoms with E-state index in [-0.39, 0.29) is 27.5 Å². The fourth-order valence-electron chi connectivity index (χ4n) is 2.08.